The summed E-state index contributed by atoms with van der Waals surface area (Å²) in [6.45, 7) is 6.87. The second-order valence-corrected chi connectivity index (χ2v) is 25.4. The Morgan fingerprint density at radius 3 is 1.18 bits per heavy atom. The number of nitrogens with zero attached hydrogens (tertiary/aromatic N) is 1. The summed E-state index contributed by atoms with van der Waals surface area (Å²) in [4.78, 5) is 37.9. The number of phosphoric ester groups is 1. The monoisotopic (exact) mass is 1180 g/mol. The smallest absolute Gasteiger partial charge is 0.456 e. The lowest BCUT2D eigenvalue weighted by molar-refractivity contribution is -0.870. The van der Waals surface area contributed by atoms with E-state index in [1.54, 1.807) is 0 Å². The van der Waals surface area contributed by atoms with Crippen molar-refractivity contribution in [1.29, 1.82) is 0 Å². The number of amides is 1. The van der Waals surface area contributed by atoms with Crippen molar-refractivity contribution in [3.63, 3.8) is 0 Å². The Bertz CT molecular complexity index is 1790. The largest absolute Gasteiger partial charge is 0.472 e. The summed E-state index contributed by atoms with van der Waals surface area (Å²) in [6.07, 6.45) is 85.1. The molecule has 0 aliphatic carbocycles. The number of allylic oxidation sites excluding steroid dienone is 17. The first-order valence-corrected chi connectivity index (χ1v) is 35.7. The van der Waals surface area contributed by atoms with Crippen LogP contribution in [-0.2, 0) is 27.9 Å². The summed E-state index contributed by atoms with van der Waals surface area (Å²) in [5, 5.41) is 3.06. The third-order valence-corrected chi connectivity index (χ3v) is 15.7. The Hall–Kier alpha value is -3.33. The SMILES string of the molecule is CC/C=C\C/C=C\C/C=C\C/C=C\C/C=C\CCCCCCCCCCCC(=O)OC(/C=C\CCCCCCCCCCCCC)C(COP(=O)(O)OCC[N+](C)(C)C)NC(=O)CCCCCCCC/C=C\C/C=C\C/C=C\CCCCC. The fraction of sp³-hybridized carbons (Fsp3) is 0.726. The van der Waals surface area contributed by atoms with Crippen LogP contribution in [0.1, 0.15) is 290 Å². The van der Waals surface area contributed by atoms with Crippen LogP contribution in [-0.4, -0.2) is 74.3 Å². The van der Waals surface area contributed by atoms with Crippen LogP contribution in [0.25, 0.3) is 0 Å². The normalized spacial score (nSPS) is 14.3. The summed E-state index contributed by atoms with van der Waals surface area (Å²) in [6, 6.07) is -0.865. The Kier molecular flexibility index (Phi) is 59.3. The zero-order chi connectivity index (χ0) is 60.7. The molecule has 3 unspecified atom stereocenters. The molecule has 9 nitrogen and oxygen atoms in total. The third-order valence-electron chi connectivity index (χ3n) is 14.7. The molecule has 0 aromatic carbocycles. The molecule has 478 valence electrons. The van der Waals surface area contributed by atoms with Crippen LogP contribution in [0.3, 0.4) is 0 Å². The number of rotatable bonds is 61. The average Bonchev–Trinajstić information content (AvgIpc) is 3.46. The van der Waals surface area contributed by atoms with E-state index >= 15 is 0 Å². The number of carbonyl (C=O) groups is 2. The van der Waals surface area contributed by atoms with Gasteiger partial charge in [0.15, 0.2) is 0 Å². The van der Waals surface area contributed by atoms with Gasteiger partial charge in [-0.1, -0.05) is 272 Å². The van der Waals surface area contributed by atoms with E-state index in [1.807, 2.05) is 33.3 Å². The summed E-state index contributed by atoms with van der Waals surface area (Å²) in [7, 11) is 1.47. The number of nitrogens with one attached hydrogen (secondary N) is 1. The quantitative estimate of drug-likeness (QED) is 0.0205. The molecule has 2 N–H and O–H groups in total. The molecule has 0 rings (SSSR count). The van der Waals surface area contributed by atoms with Gasteiger partial charge in [-0.05, 0) is 115 Å². The Morgan fingerprint density at radius 2 is 0.771 bits per heavy atom. The summed E-state index contributed by atoms with van der Waals surface area (Å²) >= 11 is 0. The lowest BCUT2D eigenvalue weighted by atomic mass is 10.0. The molecule has 83 heavy (non-hydrogen) atoms. The molecule has 1 amide bonds. The first-order valence-electron chi connectivity index (χ1n) is 34.2. The maximum absolute atomic E-state index is 13.6. The maximum atomic E-state index is 13.6. The van der Waals surface area contributed by atoms with Gasteiger partial charge in [-0.2, -0.15) is 0 Å². The number of hydrogen-bond acceptors (Lipinski definition) is 6. The summed E-state index contributed by atoms with van der Waals surface area (Å²) < 4.78 is 30.8. The van der Waals surface area contributed by atoms with Crippen LogP contribution in [0.15, 0.2) is 109 Å². The Labute approximate surface area is 512 Å². The highest BCUT2D eigenvalue weighted by Crippen LogP contribution is 2.43. The van der Waals surface area contributed by atoms with Crippen LogP contribution in [0, 0.1) is 0 Å². The number of ether oxygens (including phenoxy) is 1. The van der Waals surface area contributed by atoms with E-state index in [0.29, 0.717) is 17.4 Å². The molecule has 0 bridgehead atoms. The molecule has 0 fully saturated rings. The Balaban J connectivity index is 5.20. The van der Waals surface area contributed by atoms with Gasteiger partial charge in [0.05, 0.1) is 33.8 Å². The molecule has 10 heteroatoms. The van der Waals surface area contributed by atoms with Gasteiger partial charge < -0.3 is 19.4 Å². The number of carbonyl (C=O) groups excluding carboxylic acids is 2. The van der Waals surface area contributed by atoms with Gasteiger partial charge in [0.1, 0.15) is 19.3 Å². The third kappa shape index (κ3) is 63.0. The van der Waals surface area contributed by atoms with Crippen molar-refractivity contribution in [3.05, 3.63) is 109 Å². The van der Waals surface area contributed by atoms with E-state index < -0.39 is 20.0 Å². The molecule has 0 aromatic heterocycles. The van der Waals surface area contributed by atoms with Crippen molar-refractivity contribution in [2.24, 2.45) is 0 Å². The lowest BCUT2D eigenvalue weighted by Crippen LogP contribution is -2.47. The highest BCUT2D eigenvalue weighted by molar-refractivity contribution is 7.47. The molecule has 0 saturated carbocycles. The fourth-order valence-electron chi connectivity index (χ4n) is 9.44. The Morgan fingerprint density at radius 1 is 0.434 bits per heavy atom. The standard InChI is InChI=1S/C73H129N2O7P/c1-7-10-13-16-19-22-25-28-30-32-34-35-36-37-38-39-41-43-45-48-51-54-57-60-63-66-73(77)82-71(64-61-58-55-52-49-46-27-24-21-18-15-12-9-3)70(69-81-83(78,79)80-68-67-75(4,5)6)74-72(76)65-62-59-56-53-50-47-44-42-40-33-31-29-26-23-20-17-14-11-8-2/h10,13,19-20,22-23,28-31,34-35,37-38,40,42,61,64,70-71H,7-9,11-12,14-18,21,24-27,32-33,36,39,41,43-60,62-63,65-69H2,1-6H3,(H-,74,76,78,79)/p+1/b13-10-,22-19-,23-20-,30-28-,31-29-,35-34-,38-37-,42-40-,64-61-. The van der Waals surface area contributed by atoms with Crippen LogP contribution >= 0.6 is 7.82 Å². The molecule has 0 aromatic rings. The van der Waals surface area contributed by atoms with Gasteiger partial charge >= 0.3 is 13.8 Å². The number of unbranched alkanes of at least 4 members (excludes halogenated alkanes) is 29. The van der Waals surface area contributed by atoms with Crippen molar-refractivity contribution in [2.75, 3.05) is 40.9 Å². The minimum atomic E-state index is -4.47. The van der Waals surface area contributed by atoms with Gasteiger partial charge in [0.2, 0.25) is 5.91 Å². The molecule has 3 atom stereocenters. The number of hydrogen-bond donors (Lipinski definition) is 2. The fourth-order valence-corrected chi connectivity index (χ4v) is 10.2. The number of esters is 1. The van der Waals surface area contributed by atoms with Gasteiger partial charge in [0.25, 0.3) is 0 Å². The average molecular weight is 1180 g/mol. The van der Waals surface area contributed by atoms with E-state index in [4.69, 9.17) is 13.8 Å². The predicted octanol–water partition coefficient (Wildman–Crippen LogP) is 21.7. The molecular formula is C73H130N2O7P+. The number of quaternary nitrogens is 1. The van der Waals surface area contributed by atoms with Crippen molar-refractivity contribution < 1.29 is 37.3 Å². The molecule has 0 spiro atoms. The molecule has 0 aliphatic heterocycles. The first-order chi connectivity index (χ1) is 40.4. The zero-order valence-electron chi connectivity index (χ0n) is 54.7. The molecule has 0 heterocycles. The maximum Gasteiger partial charge on any atom is 0.472 e. The van der Waals surface area contributed by atoms with Gasteiger partial charge in [0, 0.05) is 12.8 Å². The summed E-state index contributed by atoms with van der Waals surface area (Å²) in [5.41, 5.74) is 0. The predicted molar refractivity (Wildman–Crippen MR) is 360 cm³/mol. The van der Waals surface area contributed by atoms with E-state index in [0.717, 1.165) is 135 Å². The molecule has 0 saturated heterocycles. The van der Waals surface area contributed by atoms with Gasteiger partial charge in [-0.25, -0.2) is 4.57 Å². The topological polar surface area (TPSA) is 111 Å². The van der Waals surface area contributed by atoms with E-state index in [-0.39, 0.29) is 31.5 Å². The highest BCUT2D eigenvalue weighted by Gasteiger charge is 2.30. The van der Waals surface area contributed by atoms with Gasteiger partial charge in [-0.15, -0.1) is 0 Å². The van der Waals surface area contributed by atoms with E-state index in [2.05, 4.69) is 123 Å². The molecular weight excluding hydrogens is 1050 g/mol. The van der Waals surface area contributed by atoms with Crippen molar-refractivity contribution in [1.82, 2.24) is 5.32 Å². The second kappa shape index (κ2) is 61.7. The van der Waals surface area contributed by atoms with Crippen molar-refractivity contribution in [3.8, 4) is 0 Å². The lowest BCUT2D eigenvalue weighted by Gasteiger charge is -2.27. The van der Waals surface area contributed by atoms with E-state index in [1.165, 1.54) is 122 Å². The van der Waals surface area contributed by atoms with Crippen LogP contribution in [0.5, 0.6) is 0 Å². The van der Waals surface area contributed by atoms with E-state index in [9.17, 15) is 19.0 Å². The number of phosphoric acid groups is 1. The second-order valence-electron chi connectivity index (χ2n) is 24.0. The molecule has 0 radical (unpaired) electrons. The minimum absolute atomic E-state index is 0.0316. The zero-order valence-corrected chi connectivity index (χ0v) is 55.6. The molecule has 0 aliphatic rings. The summed E-state index contributed by atoms with van der Waals surface area (Å²) in [5.74, 6) is -0.527. The van der Waals surface area contributed by atoms with Gasteiger partial charge in [-0.3, -0.25) is 18.6 Å². The number of likely N-dealkylation sites (N-methyl/N-ethyl adjacent to an activating group) is 1. The van der Waals surface area contributed by atoms with Crippen LogP contribution in [0.4, 0.5) is 0 Å². The first kappa shape index (κ1) is 79.7. The van der Waals surface area contributed by atoms with Crippen LogP contribution < -0.4 is 5.32 Å². The minimum Gasteiger partial charge on any atom is -0.456 e. The van der Waals surface area contributed by atoms with Crippen LogP contribution in [0.2, 0.25) is 0 Å². The van der Waals surface area contributed by atoms with Crippen molar-refractivity contribution >= 4 is 19.7 Å². The van der Waals surface area contributed by atoms with Crippen molar-refractivity contribution in [2.45, 2.75) is 303 Å². The highest BCUT2D eigenvalue weighted by atomic mass is 31.2.